The number of amidine groups is 1. The molecule has 172 valence electrons. The van der Waals surface area contributed by atoms with Crippen molar-refractivity contribution in [2.75, 3.05) is 13.6 Å². The van der Waals surface area contributed by atoms with Gasteiger partial charge in [-0.25, -0.2) is 9.79 Å². The zero-order valence-electron chi connectivity index (χ0n) is 18.9. The summed E-state index contributed by atoms with van der Waals surface area (Å²) in [6, 6.07) is 3.39. The number of nitrogens with one attached hydrogen (secondary N) is 3. The quantitative estimate of drug-likeness (QED) is 0.612. The van der Waals surface area contributed by atoms with Crippen molar-refractivity contribution in [3.8, 4) is 0 Å². The second-order valence-corrected chi connectivity index (χ2v) is 7.96. The van der Waals surface area contributed by atoms with Gasteiger partial charge in [-0.2, -0.15) is 5.43 Å². The first-order chi connectivity index (χ1) is 16.0. The van der Waals surface area contributed by atoms with Crippen LogP contribution in [-0.2, 0) is 4.79 Å². The molecule has 33 heavy (non-hydrogen) atoms. The summed E-state index contributed by atoms with van der Waals surface area (Å²) in [5, 5.41) is 7.06. The van der Waals surface area contributed by atoms with Crippen LogP contribution in [0.2, 0.25) is 0 Å². The normalized spacial score (nSPS) is 22.0. The van der Waals surface area contributed by atoms with Crippen LogP contribution in [0.1, 0.15) is 25.8 Å². The van der Waals surface area contributed by atoms with Crippen LogP contribution in [0.4, 0.5) is 4.79 Å². The van der Waals surface area contributed by atoms with Crippen LogP contribution in [-0.4, -0.2) is 64.8 Å². The molecule has 0 fully saturated rings. The lowest BCUT2D eigenvalue weighted by Crippen LogP contribution is -2.53. The molecule has 0 aromatic carbocycles. The van der Waals surface area contributed by atoms with Crippen LogP contribution in [0.3, 0.4) is 0 Å². The number of aromatic nitrogens is 1. The lowest BCUT2D eigenvalue weighted by Gasteiger charge is -2.34. The average molecular weight is 449 g/mol. The largest absolute Gasteiger partial charge is 0.338 e. The van der Waals surface area contributed by atoms with Gasteiger partial charge in [-0.15, -0.1) is 0 Å². The van der Waals surface area contributed by atoms with Crippen molar-refractivity contribution in [2.45, 2.75) is 32.6 Å². The van der Waals surface area contributed by atoms with E-state index < -0.39 is 6.29 Å². The topological polar surface area (TPSA) is 114 Å². The van der Waals surface area contributed by atoms with Crippen molar-refractivity contribution in [2.24, 2.45) is 15.9 Å². The molecule has 0 saturated heterocycles. The summed E-state index contributed by atoms with van der Waals surface area (Å²) >= 11 is 0. The Kier molecular flexibility index (Phi) is 6.64. The molecular weight excluding hydrogens is 420 g/mol. The van der Waals surface area contributed by atoms with Crippen molar-refractivity contribution >= 4 is 29.6 Å². The molecule has 1 aromatic heterocycles. The molecule has 3 unspecified atom stereocenters. The Balaban J connectivity index is 1.62. The first-order valence-corrected chi connectivity index (χ1v) is 11.0. The third-order valence-corrected chi connectivity index (χ3v) is 5.83. The summed E-state index contributed by atoms with van der Waals surface area (Å²) in [5.74, 6) is 0.555. The maximum atomic E-state index is 13.7. The number of hydrogen-bond donors (Lipinski definition) is 3. The summed E-state index contributed by atoms with van der Waals surface area (Å²) in [6.45, 7) is 4.36. The highest BCUT2D eigenvalue weighted by atomic mass is 16.2. The average Bonchev–Trinajstić information content (AvgIpc) is 3.25. The molecular formula is C23H28N8O2. The zero-order chi connectivity index (χ0) is 23.4. The number of urea groups is 1. The molecule has 4 rings (SSSR count). The van der Waals surface area contributed by atoms with E-state index in [9.17, 15) is 9.59 Å². The molecule has 1 aromatic rings. The molecule has 4 heterocycles. The number of hydrogen-bond acceptors (Lipinski definition) is 7. The van der Waals surface area contributed by atoms with Crippen LogP contribution >= 0.6 is 0 Å². The van der Waals surface area contributed by atoms with Gasteiger partial charge in [-0.1, -0.05) is 12.1 Å². The lowest BCUT2D eigenvalue weighted by molar-refractivity contribution is -0.129. The van der Waals surface area contributed by atoms with Crippen molar-refractivity contribution in [3.05, 3.63) is 60.2 Å². The number of rotatable bonds is 6. The smallest absolute Gasteiger partial charge is 0.317 e. The standard InChI is InChI=1S/C23H28N8O2/c1-4-26-23(33)28-22-27-20-13-18(17-6-5-9-25-14-17)12-19(31(20)29-22)21(32)30(3)15(2)16-7-10-24-11-8-16/h5-7,9-16,22,29H,4,8H2,1-3H3,(H2,26,28,33). The van der Waals surface area contributed by atoms with Gasteiger partial charge in [0.05, 0.1) is 0 Å². The van der Waals surface area contributed by atoms with Gasteiger partial charge >= 0.3 is 6.03 Å². The minimum atomic E-state index is -0.701. The number of nitrogens with zero attached hydrogens (tertiary/aromatic N) is 5. The molecule has 10 nitrogen and oxygen atoms in total. The van der Waals surface area contributed by atoms with Gasteiger partial charge in [0.1, 0.15) is 11.5 Å². The van der Waals surface area contributed by atoms with E-state index in [4.69, 9.17) is 0 Å². The molecule has 3 aliphatic heterocycles. The van der Waals surface area contributed by atoms with Gasteiger partial charge in [0, 0.05) is 55.9 Å². The highest BCUT2D eigenvalue weighted by molar-refractivity contribution is 6.11. The summed E-state index contributed by atoms with van der Waals surface area (Å²) in [6.07, 6.45) is 12.9. The monoisotopic (exact) mass is 448 g/mol. The highest BCUT2D eigenvalue weighted by Gasteiger charge is 2.36. The Morgan fingerprint density at radius 2 is 2.21 bits per heavy atom. The number of pyridine rings is 1. The van der Waals surface area contributed by atoms with Gasteiger partial charge in [0.2, 0.25) is 0 Å². The third kappa shape index (κ3) is 4.85. The van der Waals surface area contributed by atoms with E-state index in [2.05, 4.69) is 31.0 Å². The van der Waals surface area contributed by atoms with Gasteiger partial charge < -0.3 is 15.5 Å². The molecule has 3 aliphatic rings. The number of allylic oxidation sites excluding steroid dienone is 2. The second-order valence-electron chi connectivity index (χ2n) is 7.96. The fourth-order valence-electron chi connectivity index (χ4n) is 3.85. The fraction of sp³-hybridized carbons (Fsp3) is 0.348. The number of hydrazine groups is 1. The Labute approximate surface area is 192 Å². The van der Waals surface area contributed by atoms with Crippen molar-refractivity contribution in [1.29, 1.82) is 0 Å². The molecule has 3 amide bonds. The van der Waals surface area contributed by atoms with E-state index in [1.807, 2.05) is 50.4 Å². The molecule has 0 saturated carbocycles. The molecule has 3 N–H and O–H groups in total. The predicted molar refractivity (Wildman–Crippen MR) is 127 cm³/mol. The number of aliphatic imine (C=N–C) groups is 2. The molecule has 0 bridgehead atoms. The van der Waals surface area contributed by atoms with Crippen LogP contribution in [0.5, 0.6) is 0 Å². The third-order valence-electron chi connectivity index (χ3n) is 5.83. The molecule has 0 aliphatic carbocycles. The molecule has 3 atom stereocenters. The van der Waals surface area contributed by atoms with Gasteiger partial charge in [-0.3, -0.25) is 19.8 Å². The van der Waals surface area contributed by atoms with E-state index in [-0.39, 0.29) is 23.9 Å². The summed E-state index contributed by atoms with van der Waals surface area (Å²) < 4.78 is 0. The van der Waals surface area contributed by atoms with E-state index in [0.717, 1.165) is 17.6 Å². The fourth-order valence-corrected chi connectivity index (χ4v) is 3.85. The Bertz CT molecular complexity index is 1060. The van der Waals surface area contributed by atoms with Gasteiger partial charge in [0.15, 0.2) is 6.29 Å². The number of carbonyl (C=O) groups is 2. The maximum Gasteiger partial charge on any atom is 0.317 e. The summed E-state index contributed by atoms with van der Waals surface area (Å²) in [7, 11) is 1.80. The van der Waals surface area contributed by atoms with Crippen LogP contribution in [0.15, 0.2) is 64.6 Å². The Hall–Kier alpha value is -3.79. The van der Waals surface area contributed by atoms with Crippen LogP contribution < -0.4 is 16.1 Å². The van der Waals surface area contributed by atoms with E-state index in [1.165, 1.54) is 0 Å². The Morgan fingerprint density at radius 1 is 1.36 bits per heavy atom. The second kappa shape index (κ2) is 9.78. The minimum Gasteiger partial charge on any atom is -0.338 e. The number of likely N-dealkylation sites (N-methyl/N-ethyl adjacent to an activating group) is 1. The SMILES string of the molecule is CCNC(=O)NC1N=C2C=C(c3cccnc3)C=C(C(=O)N(C)C(C)C3C=CN=CC3)N2N1. The first-order valence-electron chi connectivity index (χ1n) is 11.0. The highest BCUT2D eigenvalue weighted by Crippen LogP contribution is 2.28. The Morgan fingerprint density at radius 3 is 2.91 bits per heavy atom. The molecule has 0 spiro atoms. The number of fused-ring (bicyclic) bond motifs is 1. The van der Waals surface area contributed by atoms with Crippen LogP contribution in [0.25, 0.3) is 5.57 Å². The summed E-state index contributed by atoms with van der Waals surface area (Å²) in [4.78, 5) is 40.3. The van der Waals surface area contributed by atoms with E-state index in [0.29, 0.717) is 18.1 Å². The van der Waals surface area contributed by atoms with E-state index >= 15 is 0 Å². The number of amides is 3. The van der Waals surface area contributed by atoms with Crippen molar-refractivity contribution < 1.29 is 9.59 Å². The number of carbonyl (C=O) groups excluding carboxylic acids is 2. The molecule has 10 heteroatoms. The predicted octanol–water partition coefficient (Wildman–Crippen LogP) is 1.64. The maximum absolute atomic E-state index is 13.7. The van der Waals surface area contributed by atoms with Gasteiger partial charge in [-0.05, 0) is 44.1 Å². The van der Waals surface area contributed by atoms with Crippen molar-refractivity contribution in [3.63, 3.8) is 0 Å². The first kappa shape index (κ1) is 22.4. The molecule has 0 radical (unpaired) electrons. The zero-order valence-corrected chi connectivity index (χ0v) is 18.9. The van der Waals surface area contributed by atoms with Gasteiger partial charge in [0.25, 0.3) is 5.91 Å². The van der Waals surface area contributed by atoms with Crippen LogP contribution in [0, 0.1) is 5.92 Å². The lowest BCUT2D eigenvalue weighted by atomic mass is 9.95. The summed E-state index contributed by atoms with van der Waals surface area (Å²) in [5.41, 5.74) is 5.20. The van der Waals surface area contributed by atoms with Crippen molar-refractivity contribution in [1.82, 2.24) is 31.0 Å². The minimum absolute atomic E-state index is 0.0404. The van der Waals surface area contributed by atoms with E-state index in [1.54, 1.807) is 35.6 Å².